The Labute approximate surface area is 243 Å². The van der Waals surface area contributed by atoms with E-state index < -0.39 is 18.3 Å². The maximum atomic E-state index is 10.6. The number of hydrogen-bond donors (Lipinski definition) is 2. The smallest absolute Gasteiger partial charge is 0.115 e. The summed E-state index contributed by atoms with van der Waals surface area (Å²) in [7, 11) is 1.89. The summed E-state index contributed by atoms with van der Waals surface area (Å²) in [5, 5.41) is 13.9. The van der Waals surface area contributed by atoms with E-state index in [0.717, 1.165) is 22.3 Å². The van der Waals surface area contributed by atoms with Crippen molar-refractivity contribution in [3.05, 3.63) is 144 Å². The van der Waals surface area contributed by atoms with Gasteiger partial charge in [-0.3, -0.25) is 0 Å². The van der Waals surface area contributed by atoms with Crippen molar-refractivity contribution in [3.8, 4) is 0 Å². The van der Waals surface area contributed by atoms with Crippen molar-refractivity contribution in [2.75, 3.05) is 20.2 Å². The third kappa shape index (κ3) is 10.2. The Hall–Kier alpha value is -3.36. The molecule has 6 nitrogen and oxygen atoms in total. The number of aliphatic hydroxyl groups is 1. The second kappa shape index (κ2) is 17.5. The van der Waals surface area contributed by atoms with E-state index in [9.17, 15) is 5.11 Å². The molecule has 0 amide bonds. The molecule has 0 radical (unpaired) electrons. The molecule has 0 bridgehead atoms. The molecule has 2 N–H and O–H groups in total. The summed E-state index contributed by atoms with van der Waals surface area (Å²) in [5.74, 6) is 0. The van der Waals surface area contributed by atoms with E-state index in [-0.39, 0.29) is 12.7 Å². The molecule has 4 rings (SSSR count). The zero-order valence-electron chi connectivity index (χ0n) is 23.7. The van der Waals surface area contributed by atoms with Crippen LogP contribution >= 0.6 is 0 Å². The second-order valence-electron chi connectivity index (χ2n) is 9.93. The van der Waals surface area contributed by atoms with E-state index >= 15 is 0 Å². The van der Waals surface area contributed by atoms with Crippen LogP contribution in [0.25, 0.3) is 0 Å². The molecule has 0 fully saturated rings. The highest BCUT2D eigenvalue weighted by atomic mass is 16.6. The topological polar surface area (TPSA) is 69.2 Å². The molecule has 0 unspecified atom stereocenters. The van der Waals surface area contributed by atoms with E-state index in [4.69, 9.17) is 18.9 Å². The van der Waals surface area contributed by atoms with Gasteiger partial charge in [0, 0.05) is 6.54 Å². The molecular formula is C35H41NO5. The Morgan fingerprint density at radius 1 is 0.488 bits per heavy atom. The van der Waals surface area contributed by atoms with Crippen LogP contribution in [0, 0.1) is 0 Å². The summed E-state index contributed by atoms with van der Waals surface area (Å²) in [6, 6.07) is 40.0. The largest absolute Gasteiger partial charge is 0.394 e. The highest BCUT2D eigenvalue weighted by Crippen LogP contribution is 2.23. The molecule has 0 saturated carbocycles. The van der Waals surface area contributed by atoms with Crippen LogP contribution < -0.4 is 5.32 Å². The number of rotatable bonds is 18. The molecule has 4 aromatic carbocycles. The zero-order chi connectivity index (χ0) is 28.5. The molecule has 41 heavy (non-hydrogen) atoms. The minimum absolute atomic E-state index is 0.234. The molecule has 0 heterocycles. The molecule has 0 saturated heterocycles. The number of likely N-dealkylation sites (N-methyl/N-ethyl adjacent to an activating group) is 1. The molecule has 216 valence electrons. The Morgan fingerprint density at radius 2 is 0.805 bits per heavy atom. The van der Waals surface area contributed by atoms with Crippen molar-refractivity contribution in [1.82, 2.24) is 5.32 Å². The number of nitrogens with one attached hydrogen (secondary N) is 1. The minimum atomic E-state index is -0.653. The highest BCUT2D eigenvalue weighted by molar-refractivity contribution is 5.16. The Kier molecular flexibility index (Phi) is 13.0. The van der Waals surface area contributed by atoms with Gasteiger partial charge in [0.25, 0.3) is 0 Å². The van der Waals surface area contributed by atoms with Crippen LogP contribution in [0.5, 0.6) is 0 Å². The molecule has 4 atom stereocenters. The molecule has 0 aromatic heterocycles. The zero-order valence-corrected chi connectivity index (χ0v) is 23.7. The third-order valence-electron chi connectivity index (χ3n) is 6.83. The van der Waals surface area contributed by atoms with Crippen molar-refractivity contribution < 1.29 is 24.1 Å². The fraction of sp³-hybridized carbons (Fsp3) is 0.314. The van der Waals surface area contributed by atoms with Gasteiger partial charge in [0.05, 0.1) is 39.1 Å². The first-order chi connectivity index (χ1) is 20.3. The van der Waals surface area contributed by atoms with Gasteiger partial charge in [0.2, 0.25) is 0 Å². The maximum absolute atomic E-state index is 10.6. The van der Waals surface area contributed by atoms with E-state index in [1.54, 1.807) is 0 Å². The first-order valence-corrected chi connectivity index (χ1v) is 14.1. The molecular weight excluding hydrogens is 514 g/mol. The van der Waals surface area contributed by atoms with E-state index in [1.807, 2.05) is 128 Å². The number of hydrogen-bond acceptors (Lipinski definition) is 6. The van der Waals surface area contributed by atoms with Gasteiger partial charge in [-0.1, -0.05) is 121 Å². The average Bonchev–Trinajstić information content (AvgIpc) is 3.04. The fourth-order valence-electron chi connectivity index (χ4n) is 4.64. The summed E-state index contributed by atoms with van der Waals surface area (Å²) in [5.41, 5.74) is 4.14. The summed E-state index contributed by atoms with van der Waals surface area (Å²) in [6.45, 7) is 1.74. The van der Waals surface area contributed by atoms with Crippen LogP contribution in [0.3, 0.4) is 0 Å². The lowest BCUT2D eigenvalue weighted by atomic mass is 10.0. The van der Waals surface area contributed by atoms with Crippen LogP contribution in [-0.2, 0) is 45.4 Å². The third-order valence-corrected chi connectivity index (χ3v) is 6.83. The standard InChI is InChI=1S/C35H41NO5/c1-36-22-32(38-24-28-14-6-2-7-15-28)34(40-26-30-18-10-4-11-19-30)35(41-27-31-20-12-5-13-21-31)33(23-37)39-25-29-16-8-3-9-17-29/h2-21,32-37H,22-27H2,1H3/t32-,33+,34+,35+/m0/s1. The molecule has 0 aliphatic heterocycles. The van der Waals surface area contributed by atoms with Gasteiger partial charge in [-0.05, 0) is 29.3 Å². The number of benzene rings is 4. The van der Waals surface area contributed by atoms with Crippen molar-refractivity contribution in [2.24, 2.45) is 0 Å². The van der Waals surface area contributed by atoms with Gasteiger partial charge in [-0.15, -0.1) is 0 Å². The average molecular weight is 556 g/mol. The van der Waals surface area contributed by atoms with Gasteiger partial charge in [-0.2, -0.15) is 0 Å². The Morgan fingerprint density at radius 3 is 1.15 bits per heavy atom. The summed E-state index contributed by atoms with van der Waals surface area (Å²) in [6.07, 6.45) is -2.22. The fourth-order valence-corrected chi connectivity index (χ4v) is 4.64. The van der Waals surface area contributed by atoms with Crippen LogP contribution in [0.4, 0.5) is 0 Å². The lowest BCUT2D eigenvalue weighted by Crippen LogP contribution is -2.53. The van der Waals surface area contributed by atoms with E-state index in [1.165, 1.54) is 0 Å². The summed E-state index contributed by atoms with van der Waals surface area (Å²) >= 11 is 0. The van der Waals surface area contributed by atoms with Crippen molar-refractivity contribution in [2.45, 2.75) is 50.8 Å². The first-order valence-electron chi connectivity index (χ1n) is 14.1. The lowest BCUT2D eigenvalue weighted by molar-refractivity contribution is -0.195. The Balaban J connectivity index is 1.62. The van der Waals surface area contributed by atoms with Crippen molar-refractivity contribution in [3.63, 3.8) is 0 Å². The van der Waals surface area contributed by atoms with Crippen LogP contribution in [-0.4, -0.2) is 49.7 Å². The molecule has 0 aliphatic carbocycles. The van der Waals surface area contributed by atoms with Crippen LogP contribution in [0.2, 0.25) is 0 Å². The SMILES string of the molecule is CNC[C@H](OCc1ccccc1)[C@@H](OCc1ccccc1)[C@H](OCc1ccccc1)[C@@H](CO)OCc1ccccc1. The molecule has 0 aliphatic rings. The molecule has 0 spiro atoms. The van der Waals surface area contributed by atoms with Gasteiger partial charge < -0.3 is 29.4 Å². The quantitative estimate of drug-likeness (QED) is 0.168. The predicted molar refractivity (Wildman–Crippen MR) is 161 cm³/mol. The number of aliphatic hydroxyl groups excluding tert-OH is 1. The van der Waals surface area contributed by atoms with Gasteiger partial charge in [-0.25, -0.2) is 0 Å². The predicted octanol–water partition coefficient (Wildman–Crippen LogP) is 5.54. The van der Waals surface area contributed by atoms with Crippen LogP contribution in [0.1, 0.15) is 22.3 Å². The molecule has 4 aromatic rings. The van der Waals surface area contributed by atoms with Crippen molar-refractivity contribution in [1.29, 1.82) is 0 Å². The van der Waals surface area contributed by atoms with Gasteiger partial charge in [0.15, 0.2) is 0 Å². The van der Waals surface area contributed by atoms with Crippen molar-refractivity contribution >= 4 is 0 Å². The first kappa shape index (κ1) is 30.6. The monoisotopic (exact) mass is 555 g/mol. The lowest BCUT2D eigenvalue weighted by Gasteiger charge is -2.37. The maximum Gasteiger partial charge on any atom is 0.115 e. The van der Waals surface area contributed by atoms with Crippen LogP contribution in [0.15, 0.2) is 121 Å². The highest BCUT2D eigenvalue weighted by Gasteiger charge is 2.38. The van der Waals surface area contributed by atoms with E-state index in [0.29, 0.717) is 33.0 Å². The van der Waals surface area contributed by atoms with Gasteiger partial charge in [0.1, 0.15) is 18.3 Å². The normalized spacial score (nSPS) is 14.3. The Bertz CT molecular complexity index is 1210. The number of ether oxygens (including phenoxy) is 4. The van der Waals surface area contributed by atoms with E-state index in [2.05, 4.69) is 5.32 Å². The minimum Gasteiger partial charge on any atom is -0.394 e. The summed E-state index contributed by atoms with van der Waals surface area (Å²) in [4.78, 5) is 0. The van der Waals surface area contributed by atoms with Gasteiger partial charge >= 0.3 is 0 Å². The second-order valence-corrected chi connectivity index (χ2v) is 9.93. The molecule has 6 heteroatoms. The summed E-state index contributed by atoms with van der Waals surface area (Å²) < 4.78 is 26.0.